The third-order valence-electron chi connectivity index (χ3n) is 2.75. The smallest absolute Gasteiger partial charge is 0.252 e. The standard InChI is InChI=1S/C15H16N2O2/c1-10-3-2-4-11(7-10)9-19-14-8-12(16)5-6-13(14)15(17)18/h2-8H,9,16H2,1H3,(H2,17,18). The molecule has 4 nitrogen and oxygen atoms in total. The van der Waals surface area contributed by atoms with E-state index in [1.807, 2.05) is 31.2 Å². The van der Waals surface area contributed by atoms with Gasteiger partial charge in [0.25, 0.3) is 5.91 Å². The number of nitrogen functional groups attached to an aromatic ring is 1. The van der Waals surface area contributed by atoms with Gasteiger partial charge in [0, 0.05) is 11.8 Å². The van der Waals surface area contributed by atoms with Gasteiger partial charge in [0.15, 0.2) is 0 Å². The van der Waals surface area contributed by atoms with Gasteiger partial charge in [-0.3, -0.25) is 4.79 Å². The first-order valence-electron chi connectivity index (χ1n) is 5.94. The minimum atomic E-state index is -0.528. The summed E-state index contributed by atoms with van der Waals surface area (Å²) in [5.41, 5.74) is 14.0. The van der Waals surface area contributed by atoms with Crippen molar-refractivity contribution in [2.45, 2.75) is 13.5 Å². The van der Waals surface area contributed by atoms with Crippen LogP contribution in [0.3, 0.4) is 0 Å². The molecule has 0 aromatic heterocycles. The maximum Gasteiger partial charge on any atom is 0.252 e. The van der Waals surface area contributed by atoms with Crippen LogP contribution < -0.4 is 16.2 Å². The number of rotatable bonds is 4. The molecule has 0 fully saturated rings. The van der Waals surface area contributed by atoms with E-state index in [0.717, 1.165) is 11.1 Å². The van der Waals surface area contributed by atoms with Crippen LogP contribution in [-0.4, -0.2) is 5.91 Å². The van der Waals surface area contributed by atoms with Crippen molar-refractivity contribution in [3.8, 4) is 5.75 Å². The molecule has 1 amide bonds. The lowest BCUT2D eigenvalue weighted by Gasteiger charge is -2.10. The molecule has 2 aromatic rings. The van der Waals surface area contributed by atoms with E-state index in [1.54, 1.807) is 18.2 Å². The van der Waals surface area contributed by atoms with E-state index >= 15 is 0 Å². The largest absolute Gasteiger partial charge is 0.488 e. The van der Waals surface area contributed by atoms with Gasteiger partial charge < -0.3 is 16.2 Å². The summed E-state index contributed by atoms with van der Waals surface area (Å²) in [7, 11) is 0. The van der Waals surface area contributed by atoms with Crippen molar-refractivity contribution in [2.75, 3.05) is 5.73 Å². The Kier molecular flexibility index (Phi) is 3.71. The molecule has 0 saturated carbocycles. The van der Waals surface area contributed by atoms with Gasteiger partial charge in [-0.2, -0.15) is 0 Å². The number of amides is 1. The normalized spacial score (nSPS) is 10.2. The molecule has 0 aliphatic carbocycles. The zero-order valence-electron chi connectivity index (χ0n) is 10.7. The predicted octanol–water partition coefficient (Wildman–Crippen LogP) is 2.26. The fourth-order valence-electron chi connectivity index (χ4n) is 1.82. The molecule has 0 radical (unpaired) electrons. The van der Waals surface area contributed by atoms with Crippen molar-refractivity contribution in [1.82, 2.24) is 0 Å². The van der Waals surface area contributed by atoms with Crippen LogP contribution in [0.25, 0.3) is 0 Å². The van der Waals surface area contributed by atoms with Crippen LogP contribution in [0, 0.1) is 6.92 Å². The predicted molar refractivity (Wildman–Crippen MR) is 74.9 cm³/mol. The number of hydrogen-bond donors (Lipinski definition) is 2. The fraction of sp³-hybridized carbons (Fsp3) is 0.133. The first-order chi connectivity index (χ1) is 9.06. The Hall–Kier alpha value is -2.49. The van der Waals surface area contributed by atoms with Crippen molar-refractivity contribution in [3.05, 3.63) is 59.2 Å². The highest BCUT2D eigenvalue weighted by molar-refractivity contribution is 5.96. The summed E-state index contributed by atoms with van der Waals surface area (Å²) >= 11 is 0. The highest BCUT2D eigenvalue weighted by Gasteiger charge is 2.09. The quantitative estimate of drug-likeness (QED) is 0.823. The van der Waals surface area contributed by atoms with Gasteiger partial charge in [-0.05, 0) is 24.6 Å². The Labute approximate surface area is 112 Å². The van der Waals surface area contributed by atoms with Gasteiger partial charge in [0.2, 0.25) is 0 Å². The van der Waals surface area contributed by atoms with Crippen LogP contribution in [-0.2, 0) is 6.61 Å². The summed E-state index contributed by atoms with van der Waals surface area (Å²) in [5, 5.41) is 0. The van der Waals surface area contributed by atoms with Gasteiger partial charge in [-0.25, -0.2) is 0 Å². The van der Waals surface area contributed by atoms with Gasteiger partial charge in [-0.15, -0.1) is 0 Å². The third kappa shape index (κ3) is 3.25. The van der Waals surface area contributed by atoms with Crippen LogP contribution in [0.4, 0.5) is 5.69 Å². The van der Waals surface area contributed by atoms with Crippen molar-refractivity contribution in [3.63, 3.8) is 0 Å². The Morgan fingerprint density at radius 3 is 2.68 bits per heavy atom. The van der Waals surface area contributed by atoms with Crippen LogP contribution in [0.2, 0.25) is 0 Å². The average Bonchev–Trinajstić information content (AvgIpc) is 2.36. The Morgan fingerprint density at radius 1 is 1.21 bits per heavy atom. The topological polar surface area (TPSA) is 78.3 Å². The molecule has 0 aliphatic rings. The number of primary amides is 1. The van der Waals surface area contributed by atoms with Crippen LogP contribution in [0.15, 0.2) is 42.5 Å². The van der Waals surface area contributed by atoms with E-state index in [2.05, 4.69) is 0 Å². The van der Waals surface area contributed by atoms with Gasteiger partial charge >= 0.3 is 0 Å². The molecule has 0 bridgehead atoms. The molecular formula is C15H16N2O2. The number of carbonyl (C=O) groups is 1. The maximum absolute atomic E-state index is 11.3. The second kappa shape index (κ2) is 5.44. The fourth-order valence-corrected chi connectivity index (χ4v) is 1.82. The lowest BCUT2D eigenvalue weighted by Crippen LogP contribution is -2.13. The van der Waals surface area contributed by atoms with Crippen LogP contribution >= 0.6 is 0 Å². The van der Waals surface area contributed by atoms with Crippen molar-refractivity contribution < 1.29 is 9.53 Å². The molecule has 2 rings (SSSR count). The zero-order chi connectivity index (χ0) is 13.8. The Bertz CT molecular complexity index is 609. The number of anilines is 1. The highest BCUT2D eigenvalue weighted by atomic mass is 16.5. The number of hydrogen-bond acceptors (Lipinski definition) is 3. The first kappa shape index (κ1) is 13.0. The molecule has 0 saturated heterocycles. The van der Waals surface area contributed by atoms with Crippen molar-refractivity contribution in [1.29, 1.82) is 0 Å². The summed E-state index contributed by atoms with van der Waals surface area (Å²) in [4.78, 5) is 11.3. The van der Waals surface area contributed by atoms with E-state index < -0.39 is 5.91 Å². The SMILES string of the molecule is Cc1cccc(COc2cc(N)ccc2C(N)=O)c1. The lowest BCUT2D eigenvalue weighted by molar-refractivity contribution is 0.0996. The van der Waals surface area contributed by atoms with Crippen molar-refractivity contribution in [2.24, 2.45) is 5.73 Å². The molecule has 19 heavy (non-hydrogen) atoms. The van der Waals surface area contributed by atoms with E-state index in [-0.39, 0.29) is 0 Å². The molecule has 4 N–H and O–H groups in total. The number of ether oxygens (including phenoxy) is 1. The molecule has 0 spiro atoms. The van der Waals surface area contributed by atoms with Crippen LogP contribution in [0.1, 0.15) is 21.5 Å². The van der Waals surface area contributed by atoms with E-state index in [1.165, 1.54) is 0 Å². The summed E-state index contributed by atoms with van der Waals surface area (Å²) in [6, 6.07) is 12.8. The number of benzene rings is 2. The minimum Gasteiger partial charge on any atom is -0.488 e. The summed E-state index contributed by atoms with van der Waals surface area (Å²) in [6.07, 6.45) is 0. The molecule has 0 unspecified atom stereocenters. The number of aryl methyl sites for hydroxylation is 1. The van der Waals surface area contributed by atoms with Gasteiger partial charge in [-0.1, -0.05) is 29.8 Å². The molecule has 0 heterocycles. The summed E-state index contributed by atoms with van der Waals surface area (Å²) < 4.78 is 5.64. The second-order valence-corrected chi connectivity index (χ2v) is 4.40. The monoisotopic (exact) mass is 256 g/mol. The van der Waals surface area contributed by atoms with Crippen LogP contribution in [0.5, 0.6) is 5.75 Å². The third-order valence-corrected chi connectivity index (χ3v) is 2.75. The number of carbonyl (C=O) groups excluding carboxylic acids is 1. The van der Waals surface area contributed by atoms with E-state index in [0.29, 0.717) is 23.6 Å². The van der Waals surface area contributed by atoms with Crippen molar-refractivity contribution >= 4 is 11.6 Å². The molecule has 2 aromatic carbocycles. The number of nitrogens with two attached hydrogens (primary N) is 2. The van der Waals surface area contributed by atoms with Gasteiger partial charge in [0.1, 0.15) is 12.4 Å². The van der Waals surface area contributed by atoms with E-state index in [4.69, 9.17) is 16.2 Å². The highest BCUT2D eigenvalue weighted by Crippen LogP contribution is 2.22. The first-order valence-corrected chi connectivity index (χ1v) is 5.94. The maximum atomic E-state index is 11.3. The molecular weight excluding hydrogens is 240 g/mol. The molecule has 98 valence electrons. The summed E-state index contributed by atoms with van der Waals surface area (Å²) in [6.45, 7) is 2.38. The van der Waals surface area contributed by atoms with Gasteiger partial charge in [0.05, 0.1) is 5.56 Å². The second-order valence-electron chi connectivity index (χ2n) is 4.40. The average molecular weight is 256 g/mol. The van der Waals surface area contributed by atoms with E-state index in [9.17, 15) is 4.79 Å². The lowest BCUT2D eigenvalue weighted by atomic mass is 10.1. The minimum absolute atomic E-state index is 0.335. The molecule has 0 atom stereocenters. The Morgan fingerprint density at radius 2 is 2.00 bits per heavy atom. The Balaban J connectivity index is 2.19. The zero-order valence-corrected chi connectivity index (χ0v) is 10.7. The summed E-state index contributed by atoms with van der Waals surface area (Å²) in [5.74, 6) is -0.117. The molecule has 4 heteroatoms. The molecule has 0 aliphatic heterocycles.